The van der Waals surface area contributed by atoms with Crippen molar-refractivity contribution in [2.45, 2.75) is 26.9 Å². The van der Waals surface area contributed by atoms with E-state index in [1.807, 2.05) is 38.1 Å². The van der Waals surface area contributed by atoms with Gasteiger partial charge in [-0.2, -0.15) is 0 Å². The molecular weight excluding hydrogens is 220 g/mol. The van der Waals surface area contributed by atoms with Gasteiger partial charge in [0.25, 0.3) is 0 Å². The van der Waals surface area contributed by atoms with Crippen molar-refractivity contribution in [2.24, 2.45) is 11.5 Å². The van der Waals surface area contributed by atoms with Crippen molar-refractivity contribution in [3.05, 3.63) is 59.7 Å². The van der Waals surface area contributed by atoms with Gasteiger partial charge in [-0.1, -0.05) is 67.9 Å². The molecule has 2 nitrogen and oxygen atoms in total. The van der Waals surface area contributed by atoms with Crippen molar-refractivity contribution >= 4 is 0 Å². The minimum Gasteiger partial charge on any atom is -0.312 e. The molecule has 0 spiro atoms. The lowest BCUT2D eigenvalue weighted by molar-refractivity contribution is 0.776. The predicted octanol–water partition coefficient (Wildman–Crippen LogP) is 3.60. The first-order chi connectivity index (χ1) is 8.68. The molecule has 0 aromatic heterocycles. The highest BCUT2D eigenvalue weighted by Crippen LogP contribution is 2.25. The van der Waals surface area contributed by atoms with Crippen LogP contribution in [0.3, 0.4) is 0 Å². The summed E-state index contributed by atoms with van der Waals surface area (Å²) in [5.74, 6) is 0. The lowest BCUT2D eigenvalue weighted by Crippen LogP contribution is -2.20. The second-order valence-corrected chi connectivity index (χ2v) is 3.98. The van der Waals surface area contributed by atoms with Gasteiger partial charge in [0.15, 0.2) is 0 Å². The van der Waals surface area contributed by atoms with E-state index in [1.165, 1.54) is 5.56 Å². The second-order valence-electron chi connectivity index (χ2n) is 3.98. The number of rotatable bonds is 2. The highest BCUT2D eigenvalue weighted by atomic mass is 14.8. The standard InChI is InChI=1S/C14H16N2.C2H6/c1-10-6-8-11(9-7-10)12-4-2-3-5-13(12)14(15)16;1-2/h2-9,14H,15-16H2,1H3;1-2H3. The molecule has 0 heterocycles. The van der Waals surface area contributed by atoms with Crippen LogP contribution in [0.25, 0.3) is 11.1 Å². The normalized spacial score (nSPS) is 9.89. The first-order valence-electron chi connectivity index (χ1n) is 6.35. The Hall–Kier alpha value is -1.64. The monoisotopic (exact) mass is 242 g/mol. The molecule has 0 atom stereocenters. The van der Waals surface area contributed by atoms with Crippen LogP contribution >= 0.6 is 0 Å². The Balaban J connectivity index is 0.000000771. The van der Waals surface area contributed by atoms with Gasteiger partial charge in [0.05, 0.1) is 6.17 Å². The Labute approximate surface area is 110 Å². The fourth-order valence-corrected chi connectivity index (χ4v) is 1.78. The van der Waals surface area contributed by atoms with E-state index in [4.69, 9.17) is 11.5 Å². The molecule has 2 aromatic rings. The quantitative estimate of drug-likeness (QED) is 0.790. The van der Waals surface area contributed by atoms with Crippen LogP contribution in [0.2, 0.25) is 0 Å². The van der Waals surface area contributed by atoms with E-state index in [0.29, 0.717) is 0 Å². The molecule has 2 heteroatoms. The molecule has 0 saturated carbocycles. The zero-order chi connectivity index (χ0) is 13.5. The molecule has 4 N–H and O–H groups in total. The largest absolute Gasteiger partial charge is 0.312 e. The van der Waals surface area contributed by atoms with Gasteiger partial charge in [-0.3, -0.25) is 0 Å². The molecule has 2 aromatic carbocycles. The zero-order valence-electron chi connectivity index (χ0n) is 11.4. The third kappa shape index (κ3) is 3.42. The minimum atomic E-state index is -0.433. The van der Waals surface area contributed by atoms with E-state index in [0.717, 1.165) is 16.7 Å². The van der Waals surface area contributed by atoms with Gasteiger partial charge in [-0.25, -0.2) is 0 Å². The van der Waals surface area contributed by atoms with Crippen LogP contribution in [0.1, 0.15) is 31.1 Å². The molecule has 0 fully saturated rings. The SMILES string of the molecule is CC.Cc1ccc(-c2ccccc2C(N)N)cc1. The molecule has 0 unspecified atom stereocenters. The summed E-state index contributed by atoms with van der Waals surface area (Å²) in [6, 6.07) is 16.3. The van der Waals surface area contributed by atoms with Crippen LogP contribution in [0.4, 0.5) is 0 Å². The Morgan fingerprint density at radius 1 is 0.833 bits per heavy atom. The van der Waals surface area contributed by atoms with E-state index in [2.05, 4.69) is 31.2 Å². The minimum absolute atomic E-state index is 0.433. The summed E-state index contributed by atoms with van der Waals surface area (Å²) in [7, 11) is 0. The van der Waals surface area contributed by atoms with Crippen molar-refractivity contribution in [1.29, 1.82) is 0 Å². The van der Waals surface area contributed by atoms with Crippen LogP contribution in [0, 0.1) is 6.92 Å². The number of aryl methyl sites for hydroxylation is 1. The van der Waals surface area contributed by atoms with Crippen LogP contribution in [0.5, 0.6) is 0 Å². The van der Waals surface area contributed by atoms with E-state index in [1.54, 1.807) is 0 Å². The van der Waals surface area contributed by atoms with Crippen molar-refractivity contribution in [3.8, 4) is 11.1 Å². The molecular formula is C16H22N2. The Kier molecular flexibility index (Phi) is 5.56. The van der Waals surface area contributed by atoms with Gasteiger partial charge >= 0.3 is 0 Å². The molecule has 0 radical (unpaired) electrons. The Morgan fingerprint density at radius 3 is 1.94 bits per heavy atom. The van der Waals surface area contributed by atoms with Crippen LogP contribution in [-0.2, 0) is 0 Å². The third-order valence-corrected chi connectivity index (χ3v) is 2.68. The van der Waals surface area contributed by atoms with Crippen molar-refractivity contribution in [3.63, 3.8) is 0 Å². The summed E-state index contributed by atoms with van der Waals surface area (Å²) in [6.45, 7) is 6.07. The average molecular weight is 242 g/mol. The number of hydrogen-bond acceptors (Lipinski definition) is 2. The summed E-state index contributed by atoms with van der Waals surface area (Å²) in [5.41, 5.74) is 16.0. The number of benzene rings is 2. The zero-order valence-corrected chi connectivity index (χ0v) is 11.4. The summed E-state index contributed by atoms with van der Waals surface area (Å²) in [6.07, 6.45) is -0.433. The first-order valence-corrected chi connectivity index (χ1v) is 6.35. The maximum Gasteiger partial charge on any atom is 0.0790 e. The van der Waals surface area contributed by atoms with E-state index in [9.17, 15) is 0 Å². The smallest absolute Gasteiger partial charge is 0.0790 e. The molecule has 18 heavy (non-hydrogen) atoms. The molecule has 0 aliphatic heterocycles. The maximum absolute atomic E-state index is 5.76. The van der Waals surface area contributed by atoms with Crippen molar-refractivity contribution in [2.75, 3.05) is 0 Å². The van der Waals surface area contributed by atoms with Gasteiger partial charge in [0, 0.05) is 0 Å². The molecule has 2 rings (SSSR count). The van der Waals surface area contributed by atoms with E-state index < -0.39 is 6.17 Å². The number of hydrogen-bond donors (Lipinski definition) is 2. The van der Waals surface area contributed by atoms with E-state index >= 15 is 0 Å². The fourth-order valence-electron chi connectivity index (χ4n) is 1.78. The highest BCUT2D eigenvalue weighted by molar-refractivity contribution is 5.68. The highest BCUT2D eigenvalue weighted by Gasteiger charge is 2.07. The molecule has 0 aliphatic rings. The van der Waals surface area contributed by atoms with Gasteiger partial charge in [0.2, 0.25) is 0 Å². The fraction of sp³-hybridized carbons (Fsp3) is 0.250. The third-order valence-electron chi connectivity index (χ3n) is 2.68. The van der Waals surface area contributed by atoms with E-state index in [-0.39, 0.29) is 0 Å². The Bertz CT molecular complexity index is 473. The summed E-state index contributed by atoms with van der Waals surface area (Å²) in [5, 5.41) is 0. The van der Waals surface area contributed by atoms with Crippen molar-refractivity contribution < 1.29 is 0 Å². The molecule has 0 saturated heterocycles. The molecule has 96 valence electrons. The maximum atomic E-state index is 5.76. The second kappa shape index (κ2) is 6.94. The number of nitrogens with two attached hydrogens (primary N) is 2. The van der Waals surface area contributed by atoms with Gasteiger partial charge < -0.3 is 11.5 Å². The Morgan fingerprint density at radius 2 is 1.39 bits per heavy atom. The lowest BCUT2D eigenvalue weighted by atomic mass is 9.97. The summed E-state index contributed by atoms with van der Waals surface area (Å²) < 4.78 is 0. The summed E-state index contributed by atoms with van der Waals surface area (Å²) >= 11 is 0. The van der Waals surface area contributed by atoms with Gasteiger partial charge in [-0.05, 0) is 23.6 Å². The van der Waals surface area contributed by atoms with Crippen LogP contribution in [0.15, 0.2) is 48.5 Å². The summed E-state index contributed by atoms with van der Waals surface area (Å²) in [4.78, 5) is 0. The predicted molar refractivity (Wildman–Crippen MR) is 79.1 cm³/mol. The van der Waals surface area contributed by atoms with Crippen LogP contribution in [-0.4, -0.2) is 0 Å². The molecule has 0 bridgehead atoms. The lowest BCUT2D eigenvalue weighted by Gasteiger charge is -2.12. The van der Waals surface area contributed by atoms with Gasteiger partial charge in [-0.15, -0.1) is 0 Å². The van der Waals surface area contributed by atoms with Crippen molar-refractivity contribution in [1.82, 2.24) is 0 Å². The topological polar surface area (TPSA) is 52.0 Å². The van der Waals surface area contributed by atoms with Crippen LogP contribution < -0.4 is 11.5 Å². The average Bonchev–Trinajstić information content (AvgIpc) is 2.42. The molecule has 0 aliphatic carbocycles. The van der Waals surface area contributed by atoms with Gasteiger partial charge in [0.1, 0.15) is 0 Å². The first kappa shape index (κ1) is 14.4. The molecule has 0 amide bonds.